The lowest BCUT2D eigenvalue weighted by atomic mass is 9.99. The van der Waals surface area contributed by atoms with Gasteiger partial charge < -0.3 is 22.0 Å². The highest BCUT2D eigenvalue weighted by Crippen LogP contribution is 2.18. The molecule has 1 saturated carbocycles. The topological polar surface area (TPSA) is 16.4 Å². The van der Waals surface area contributed by atoms with Crippen LogP contribution in [0.4, 0.5) is 5.69 Å². The van der Waals surface area contributed by atoms with Crippen molar-refractivity contribution in [3.05, 3.63) is 24.5 Å². The lowest BCUT2D eigenvalue weighted by molar-refractivity contribution is -0.734. The molecule has 1 aliphatic carbocycles. The number of pyridine rings is 1. The number of hydrogen-bond donors (Lipinski definition) is 0. The largest absolute Gasteiger partial charge is 1.00 e. The Hall–Kier alpha value is -0.800. The van der Waals surface area contributed by atoms with Crippen molar-refractivity contribution in [1.29, 1.82) is 0 Å². The first-order valence-electron chi connectivity index (χ1n) is 9.54. The van der Waals surface area contributed by atoms with E-state index in [-0.39, 0.29) is 12.4 Å². The lowest BCUT2D eigenvalue weighted by Crippen LogP contribution is -3.00. The van der Waals surface area contributed by atoms with Crippen LogP contribution in [0.5, 0.6) is 0 Å². The van der Waals surface area contributed by atoms with Crippen LogP contribution in [0.1, 0.15) is 70.6 Å². The van der Waals surface area contributed by atoms with Crippen LogP contribution in [0, 0.1) is 0 Å². The Morgan fingerprint density at radius 3 is 1.79 bits per heavy atom. The van der Waals surface area contributed by atoms with Crippen LogP contribution >= 0.6 is 0 Å². The van der Waals surface area contributed by atoms with Crippen LogP contribution in [0.15, 0.2) is 24.5 Å². The Morgan fingerprint density at radius 2 is 1.33 bits per heavy atom. The van der Waals surface area contributed by atoms with Gasteiger partial charge in [0.15, 0.2) is 12.4 Å². The zero-order valence-electron chi connectivity index (χ0n) is 15.6. The van der Waals surface area contributed by atoms with Gasteiger partial charge in [0.25, 0.3) is 6.73 Å². The van der Waals surface area contributed by atoms with Crippen LogP contribution in [0.25, 0.3) is 0 Å². The molecule has 0 bridgehead atoms. The number of anilines is 1. The number of halogens is 1. The molecule has 0 saturated heterocycles. The molecule has 138 valence electrons. The molecule has 0 radical (unpaired) electrons. The summed E-state index contributed by atoms with van der Waals surface area (Å²) in [6, 6.07) is 4.29. The van der Waals surface area contributed by atoms with Crippen molar-refractivity contribution in [2.45, 2.75) is 83.5 Å². The summed E-state index contributed by atoms with van der Waals surface area (Å²) in [5, 5.41) is 0. The van der Waals surface area contributed by atoms with E-state index >= 15 is 0 Å². The summed E-state index contributed by atoms with van der Waals surface area (Å²) in [7, 11) is 4.14. The molecule has 4 heteroatoms. The zero-order valence-corrected chi connectivity index (χ0v) is 16.3. The van der Waals surface area contributed by atoms with Gasteiger partial charge >= 0.3 is 0 Å². The van der Waals surface area contributed by atoms with E-state index < -0.39 is 0 Å². The van der Waals surface area contributed by atoms with Gasteiger partial charge in [-0.05, 0) is 12.8 Å². The lowest BCUT2D eigenvalue weighted by Gasteiger charge is -2.17. The molecule has 0 atom stereocenters. The van der Waals surface area contributed by atoms with Crippen molar-refractivity contribution < 1.29 is 21.7 Å². The molecule has 1 aromatic rings. The smallest absolute Gasteiger partial charge is 0.252 e. The first kappa shape index (κ1) is 21.2. The number of aromatic nitrogens is 1. The summed E-state index contributed by atoms with van der Waals surface area (Å²) in [6.45, 7) is 0.679. The molecule has 24 heavy (non-hydrogen) atoms. The van der Waals surface area contributed by atoms with Gasteiger partial charge in [-0.2, -0.15) is 4.57 Å². The van der Waals surface area contributed by atoms with Crippen molar-refractivity contribution in [1.82, 2.24) is 0 Å². The summed E-state index contributed by atoms with van der Waals surface area (Å²) in [5.41, 5.74) is 1.23. The average molecular weight is 355 g/mol. The van der Waals surface area contributed by atoms with Gasteiger partial charge in [0.2, 0.25) is 0 Å². The van der Waals surface area contributed by atoms with Gasteiger partial charge in [-0.1, -0.05) is 57.8 Å². The van der Waals surface area contributed by atoms with E-state index in [1.807, 2.05) is 0 Å². The molecule has 0 aliphatic heterocycles. The van der Waals surface area contributed by atoms with Crippen LogP contribution in [-0.4, -0.2) is 20.2 Å². The second-order valence-electron chi connectivity index (χ2n) is 7.14. The number of rotatable bonds is 4. The minimum atomic E-state index is 0. The van der Waals surface area contributed by atoms with Crippen molar-refractivity contribution in [2.24, 2.45) is 0 Å². The van der Waals surface area contributed by atoms with Gasteiger partial charge in [-0.25, -0.2) is 0 Å². The average Bonchev–Trinajstić information content (AvgIpc) is 2.55. The highest BCUT2D eigenvalue weighted by Gasteiger charge is 2.12. The first-order chi connectivity index (χ1) is 11.3. The van der Waals surface area contributed by atoms with Crippen LogP contribution in [0.2, 0.25) is 0 Å². The molecular formula is C20H35ClN2O. The molecule has 1 aromatic heterocycles. The molecular weight excluding hydrogens is 320 g/mol. The molecule has 1 fully saturated rings. The minimum Gasteiger partial charge on any atom is -1.00 e. The third-order valence-electron chi connectivity index (χ3n) is 4.90. The Balaban J connectivity index is 0.00000288. The first-order valence-corrected chi connectivity index (χ1v) is 9.54. The van der Waals surface area contributed by atoms with Gasteiger partial charge in [-0.3, -0.25) is 0 Å². The fourth-order valence-corrected chi connectivity index (χ4v) is 3.32. The number of hydrogen-bond acceptors (Lipinski definition) is 2. The van der Waals surface area contributed by atoms with E-state index in [1.165, 1.54) is 76.3 Å². The molecule has 3 nitrogen and oxygen atoms in total. The second kappa shape index (κ2) is 12.5. The van der Waals surface area contributed by atoms with E-state index in [2.05, 4.69) is 48.1 Å². The summed E-state index contributed by atoms with van der Waals surface area (Å²) in [5.74, 6) is 0. The van der Waals surface area contributed by atoms with Gasteiger partial charge in [0.05, 0.1) is 6.10 Å². The maximum Gasteiger partial charge on any atom is 0.252 e. The molecule has 0 spiro atoms. The van der Waals surface area contributed by atoms with E-state index in [4.69, 9.17) is 4.74 Å². The Kier molecular flexibility index (Phi) is 11.1. The predicted octanol–water partition coefficient (Wildman–Crippen LogP) is 1.69. The van der Waals surface area contributed by atoms with Crippen LogP contribution in [-0.2, 0) is 11.5 Å². The van der Waals surface area contributed by atoms with Crippen LogP contribution in [0.3, 0.4) is 0 Å². The van der Waals surface area contributed by atoms with Crippen molar-refractivity contribution in [3.8, 4) is 0 Å². The van der Waals surface area contributed by atoms with Gasteiger partial charge in [0.1, 0.15) is 0 Å². The third kappa shape index (κ3) is 8.34. The fraction of sp³-hybridized carbons (Fsp3) is 0.750. The Labute approximate surface area is 154 Å². The highest BCUT2D eigenvalue weighted by molar-refractivity contribution is 5.41. The standard InChI is InChI=1S/C20H35N2O.ClH/c1-21(2)19-14-16-22(17-15-19)18-23-20-12-10-8-6-4-3-5-7-9-11-13-20;/h14-17,20H,3-13,18H2,1-2H3;1H/q+1;/p-1. The zero-order chi connectivity index (χ0) is 16.3. The van der Waals surface area contributed by atoms with Gasteiger partial charge in [-0.15, -0.1) is 0 Å². The molecule has 1 aliphatic rings. The second-order valence-corrected chi connectivity index (χ2v) is 7.14. The fourth-order valence-electron chi connectivity index (χ4n) is 3.32. The van der Waals surface area contributed by atoms with E-state index in [0.29, 0.717) is 12.8 Å². The molecule has 0 aromatic carbocycles. The molecule has 0 unspecified atom stereocenters. The Morgan fingerprint density at radius 1 is 0.875 bits per heavy atom. The Bertz CT molecular complexity index is 410. The summed E-state index contributed by atoms with van der Waals surface area (Å²) < 4.78 is 8.36. The minimum absolute atomic E-state index is 0. The van der Waals surface area contributed by atoms with Crippen molar-refractivity contribution in [2.75, 3.05) is 19.0 Å². The van der Waals surface area contributed by atoms with E-state index in [9.17, 15) is 0 Å². The van der Waals surface area contributed by atoms with E-state index in [1.54, 1.807) is 0 Å². The quantitative estimate of drug-likeness (QED) is 0.765. The monoisotopic (exact) mass is 354 g/mol. The normalized spacial score (nSPS) is 18.1. The summed E-state index contributed by atoms with van der Waals surface area (Å²) in [4.78, 5) is 2.12. The molecule has 2 rings (SSSR count). The van der Waals surface area contributed by atoms with E-state index in [0.717, 1.165) is 0 Å². The number of nitrogens with zero attached hydrogens (tertiary/aromatic N) is 2. The summed E-state index contributed by atoms with van der Waals surface area (Å²) >= 11 is 0. The summed E-state index contributed by atoms with van der Waals surface area (Å²) in [6.07, 6.45) is 19.7. The molecule has 1 heterocycles. The number of ether oxygens (including phenoxy) is 1. The van der Waals surface area contributed by atoms with Crippen molar-refractivity contribution >= 4 is 5.69 Å². The van der Waals surface area contributed by atoms with Gasteiger partial charge in [0, 0.05) is 31.9 Å². The third-order valence-corrected chi connectivity index (χ3v) is 4.90. The maximum absolute atomic E-state index is 6.22. The van der Waals surface area contributed by atoms with Crippen LogP contribution < -0.4 is 21.9 Å². The highest BCUT2D eigenvalue weighted by atomic mass is 35.5. The predicted molar refractivity (Wildman–Crippen MR) is 96.6 cm³/mol. The maximum atomic E-state index is 6.22. The van der Waals surface area contributed by atoms with Crippen molar-refractivity contribution in [3.63, 3.8) is 0 Å². The molecule has 0 N–H and O–H groups in total. The SMILES string of the molecule is CN(C)c1cc[n+](COC2CCCCCCCCCCC2)cc1.[Cl-]. The molecule has 0 amide bonds.